The predicted molar refractivity (Wildman–Crippen MR) is 71.5 cm³/mol. The van der Waals surface area contributed by atoms with Crippen molar-refractivity contribution in [2.24, 2.45) is 5.92 Å². The van der Waals surface area contributed by atoms with Crippen LogP contribution in [0.5, 0.6) is 0 Å². The molecule has 1 aromatic rings. The first-order valence-electron chi connectivity index (χ1n) is 5.67. The van der Waals surface area contributed by atoms with Gasteiger partial charge in [-0.15, -0.1) is 0 Å². The third-order valence-corrected chi connectivity index (χ3v) is 2.92. The van der Waals surface area contributed by atoms with Crippen molar-refractivity contribution in [1.29, 1.82) is 0 Å². The van der Waals surface area contributed by atoms with Crippen molar-refractivity contribution in [2.75, 3.05) is 5.32 Å². The molecule has 1 aromatic carbocycles. The van der Waals surface area contributed by atoms with Gasteiger partial charge in [0.1, 0.15) is 0 Å². The molecular weight excluding hydrogens is 266 g/mol. The monoisotopic (exact) mass is 283 g/mol. The van der Waals surface area contributed by atoms with E-state index < -0.39 is 0 Å². The van der Waals surface area contributed by atoms with E-state index in [2.05, 4.69) is 35.1 Å². The Bertz CT molecular complexity index is 352. The van der Waals surface area contributed by atoms with Gasteiger partial charge < -0.3 is 5.32 Å². The summed E-state index contributed by atoms with van der Waals surface area (Å²) in [7, 11) is 0. The van der Waals surface area contributed by atoms with Crippen LogP contribution in [0.25, 0.3) is 0 Å². The van der Waals surface area contributed by atoms with Crippen molar-refractivity contribution in [2.45, 2.75) is 33.1 Å². The molecular formula is C13H18BrNO. The maximum Gasteiger partial charge on any atom is 0.224 e. The molecule has 1 amide bonds. The highest BCUT2D eigenvalue weighted by Crippen LogP contribution is 2.17. The topological polar surface area (TPSA) is 29.1 Å². The van der Waals surface area contributed by atoms with Crippen LogP contribution in [0.2, 0.25) is 0 Å². The van der Waals surface area contributed by atoms with E-state index in [0.717, 1.165) is 23.0 Å². The Labute approximate surface area is 106 Å². The van der Waals surface area contributed by atoms with E-state index >= 15 is 0 Å². The Morgan fingerprint density at radius 2 is 2.25 bits per heavy atom. The number of hydrogen-bond donors (Lipinski definition) is 1. The van der Waals surface area contributed by atoms with Gasteiger partial charge >= 0.3 is 0 Å². The molecule has 0 radical (unpaired) electrons. The van der Waals surface area contributed by atoms with Crippen molar-refractivity contribution >= 4 is 27.5 Å². The number of nitrogens with one attached hydrogen (secondary N) is 1. The fourth-order valence-electron chi connectivity index (χ4n) is 1.69. The van der Waals surface area contributed by atoms with Crippen LogP contribution in [0, 0.1) is 5.92 Å². The number of anilines is 1. The van der Waals surface area contributed by atoms with E-state index in [9.17, 15) is 4.79 Å². The third-order valence-electron chi connectivity index (χ3n) is 2.42. The van der Waals surface area contributed by atoms with E-state index in [4.69, 9.17) is 0 Å². The normalized spacial score (nSPS) is 12.2. The fraction of sp³-hybridized carbons (Fsp3) is 0.462. The summed E-state index contributed by atoms with van der Waals surface area (Å²) in [5.74, 6) is 0.552. The van der Waals surface area contributed by atoms with E-state index in [-0.39, 0.29) is 5.91 Å². The van der Waals surface area contributed by atoms with Gasteiger partial charge in [-0.2, -0.15) is 0 Å². The number of benzene rings is 1. The molecule has 2 nitrogen and oxygen atoms in total. The smallest absolute Gasteiger partial charge is 0.224 e. The molecule has 0 aliphatic heterocycles. The molecule has 0 aliphatic carbocycles. The molecule has 0 bridgehead atoms. The largest absolute Gasteiger partial charge is 0.326 e. The second-order valence-corrected chi connectivity index (χ2v) is 5.07. The lowest BCUT2D eigenvalue weighted by atomic mass is 10.0. The van der Waals surface area contributed by atoms with Crippen LogP contribution >= 0.6 is 15.9 Å². The molecule has 1 unspecified atom stereocenters. The van der Waals surface area contributed by atoms with Crippen molar-refractivity contribution < 1.29 is 4.79 Å². The number of rotatable bonds is 5. The summed E-state index contributed by atoms with van der Waals surface area (Å²) in [6.45, 7) is 4.26. The molecule has 0 heterocycles. The number of amides is 1. The Hall–Kier alpha value is -0.830. The SMILES string of the molecule is CCCC(C)CC(=O)Nc1cccc(Br)c1. The minimum absolute atomic E-state index is 0.0963. The zero-order valence-electron chi connectivity index (χ0n) is 9.79. The Balaban J connectivity index is 2.45. The van der Waals surface area contributed by atoms with Gasteiger partial charge in [0.25, 0.3) is 0 Å². The number of halogens is 1. The van der Waals surface area contributed by atoms with Crippen molar-refractivity contribution in [3.05, 3.63) is 28.7 Å². The quantitative estimate of drug-likeness (QED) is 0.862. The lowest BCUT2D eigenvalue weighted by molar-refractivity contribution is -0.117. The van der Waals surface area contributed by atoms with E-state index in [1.807, 2.05) is 24.3 Å². The van der Waals surface area contributed by atoms with Crippen molar-refractivity contribution in [1.82, 2.24) is 0 Å². The van der Waals surface area contributed by atoms with Gasteiger partial charge in [0.05, 0.1) is 0 Å². The van der Waals surface area contributed by atoms with Gasteiger partial charge in [0.15, 0.2) is 0 Å². The van der Waals surface area contributed by atoms with E-state index in [1.165, 1.54) is 0 Å². The summed E-state index contributed by atoms with van der Waals surface area (Å²) < 4.78 is 0.979. The summed E-state index contributed by atoms with van der Waals surface area (Å²) in [6, 6.07) is 7.65. The Morgan fingerprint density at radius 1 is 1.50 bits per heavy atom. The highest BCUT2D eigenvalue weighted by Gasteiger charge is 2.08. The fourth-order valence-corrected chi connectivity index (χ4v) is 2.09. The van der Waals surface area contributed by atoms with Crippen molar-refractivity contribution in [3.63, 3.8) is 0 Å². The van der Waals surface area contributed by atoms with Crippen LogP contribution < -0.4 is 5.32 Å². The standard InChI is InChI=1S/C13H18BrNO/c1-3-5-10(2)8-13(16)15-12-7-4-6-11(14)9-12/h4,6-7,9-10H,3,5,8H2,1-2H3,(H,15,16). The molecule has 0 aromatic heterocycles. The summed E-state index contributed by atoms with van der Waals surface area (Å²) >= 11 is 3.38. The van der Waals surface area contributed by atoms with Gasteiger partial charge in [0, 0.05) is 16.6 Å². The number of carbonyl (C=O) groups excluding carboxylic acids is 1. The van der Waals surface area contributed by atoms with Crippen LogP contribution in [0.15, 0.2) is 28.7 Å². The minimum Gasteiger partial charge on any atom is -0.326 e. The first-order chi connectivity index (χ1) is 7.61. The summed E-state index contributed by atoms with van der Waals surface area (Å²) in [6.07, 6.45) is 2.83. The van der Waals surface area contributed by atoms with E-state index in [0.29, 0.717) is 12.3 Å². The average molecular weight is 284 g/mol. The summed E-state index contributed by atoms with van der Waals surface area (Å²) in [5, 5.41) is 2.90. The number of carbonyl (C=O) groups is 1. The van der Waals surface area contributed by atoms with Gasteiger partial charge in [-0.1, -0.05) is 48.7 Å². The third kappa shape index (κ3) is 4.79. The van der Waals surface area contributed by atoms with Gasteiger partial charge in [-0.3, -0.25) is 4.79 Å². The van der Waals surface area contributed by atoms with Crippen molar-refractivity contribution in [3.8, 4) is 0 Å². The maximum absolute atomic E-state index is 11.7. The first-order valence-corrected chi connectivity index (χ1v) is 6.46. The second-order valence-electron chi connectivity index (χ2n) is 4.16. The molecule has 3 heteroatoms. The average Bonchev–Trinajstić information content (AvgIpc) is 2.17. The highest BCUT2D eigenvalue weighted by atomic mass is 79.9. The van der Waals surface area contributed by atoms with Gasteiger partial charge in [0.2, 0.25) is 5.91 Å². The second kappa shape index (κ2) is 6.69. The lowest BCUT2D eigenvalue weighted by Gasteiger charge is -2.10. The maximum atomic E-state index is 11.7. The molecule has 0 saturated heterocycles. The Morgan fingerprint density at radius 3 is 2.88 bits per heavy atom. The molecule has 1 rings (SSSR count). The molecule has 16 heavy (non-hydrogen) atoms. The van der Waals surface area contributed by atoms with Crippen LogP contribution in [0.1, 0.15) is 33.1 Å². The summed E-state index contributed by atoms with van der Waals surface area (Å²) in [4.78, 5) is 11.7. The van der Waals surface area contributed by atoms with E-state index in [1.54, 1.807) is 0 Å². The van der Waals surface area contributed by atoms with Crippen LogP contribution in [0.3, 0.4) is 0 Å². The predicted octanol–water partition coefficient (Wildman–Crippen LogP) is 4.21. The zero-order chi connectivity index (χ0) is 12.0. The Kier molecular flexibility index (Phi) is 5.53. The number of hydrogen-bond acceptors (Lipinski definition) is 1. The van der Waals surface area contributed by atoms with Crippen LogP contribution in [-0.2, 0) is 4.79 Å². The molecule has 1 N–H and O–H groups in total. The zero-order valence-corrected chi connectivity index (χ0v) is 11.4. The molecule has 88 valence electrons. The molecule has 0 saturated carbocycles. The molecule has 1 atom stereocenters. The van der Waals surface area contributed by atoms with Crippen LogP contribution in [-0.4, -0.2) is 5.91 Å². The van der Waals surface area contributed by atoms with Gasteiger partial charge in [-0.25, -0.2) is 0 Å². The molecule has 0 fully saturated rings. The van der Waals surface area contributed by atoms with Gasteiger partial charge in [-0.05, 0) is 24.1 Å². The summed E-state index contributed by atoms with van der Waals surface area (Å²) in [5.41, 5.74) is 0.850. The molecule has 0 spiro atoms. The first kappa shape index (κ1) is 13.2. The lowest BCUT2D eigenvalue weighted by Crippen LogP contribution is -2.14. The highest BCUT2D eigenvalue weighted by molar-refractivity contribution is 9.10. The molecule has 0 aliphatic rings. The minimum atomic E-state index is 0.0963. The van der Waals surface area contributed by atoms with Crippen LogP contribution in [0.4, 0.5) is 5.69 Å².